The third-order valence-corrected chi connectivity index (χ3v) is 2.31. The number of ether oxygens (including phenoxy) is 2. The predicted molar refractivity (Wildman–Crippen MR) is 69.3 cm³/mol. The Morgan fingerprint density at radius 3 is 2.12 bits per heavy atom. The van der Waals surface area contributed by atoms with Gasteiger partial charge in [0, 0.05) is 0 Å². The molecule has 0 aliphatic rings. The topological polar surface area (TPSA) is 44.8 Å². The molecule has 0 saturated heterocycles. The van der Waals surface area contributed by atoms with Gasteiger partial charge in [0.15, 0.2) is 23.0 Å². The quantitative estimate of drug-likeness (QED) is 0.355. The minimum absolute atomic E-state index is 0.258. The minimum atomic E-state index is -0.258. The van der Waals surface area contributed by atoms with Crippen molar-refractivity contribution in [2.24, 2.45) is 0 Å². The van der Waals surface area contributed by atoms with Gasteiger partial charge in [0.05, 0.1) is 54.0 Å². The molecule has 0 amide bonds. The van der Waals surface area contributed by atoms with E-state index in [1.807, 2.05) is 0 Å². The highest BCUT2D eigenvalue weighted by atomic mass is 127. The van der Waals surface area contributed by atoms with Crippen molar-refractivity contribution in [3.63, 3.8) is 0 Å². The first kappa shape index (κ1) is 16.1. The first-order valence-corrected chi connectivity index (χ1v) is 6.11. The van der Waals surface area contributed by atoms with E-state index in [2.05, 4.69) is 24.2 Å². The number of hydrogen-bond acceptors (Lipinski definition) is 4. The van der Waals surface area contributed by atoms with Crippen molar-refractivity contribution in [2.75, 3.05) is 54.1 Å². The monoisotopic (exact) mass is 346 g/mol. The number of hydrogen-bond donors (Lipinski definition) is 0. The van der Waals surface area contributed by atoms with Crippen LogP contribution in [0.5, 0.6) is 0 Å². The van der Waals surface area contributed by atoms with Crippen molar-refractivity contribution in [1.29, 1.82) is 0 Å². The summed E-state index contributed by atoms with van der Waals surface area (Å²) in [6.45, 7) is 3.18. The van der Waals surface area contributed by atoms with Crippen LogP contribution >= 0.6 is 23.0 Å². The van der Waals surface area contributed by atoms with Crippen molar-refractivity contribution in [3.05, 3.63) is 0 Å². The van der Waals surface area contributed by atoms with Gasteiger partial charge in [0.25, 0.3) is 0 Å². The fourth-order valence-electron chi connectivity index (χ4n) is 0.854. The maximum Gasteiger partial charge on any atom is 0.317 e. The standard InChI is InChI=1S/C10H21INO4/c1-12(2,3)5-7-15-9-8-14-6-4-10(13)16-11/h4-9H2,1-3H3/q+1. The third-order valence-electron chi connectivity index (χ3n) is 1.82. The lowest BCUT2D eigenvalue weighted by Crippen LogP contribution is -2.37. The van der Waals surface area contributed by atoms with E-state index in [9.17, 15) is 4.79 Å². The van der Waals surface area contributed by atoms with Crippen molar-refractivity contribution in [2.45, 2.75) is 6.42 Å². The van der Waals surface area contributed by atoms with E-state index in [1.54, 1.807) is 23.0 Å². The van der Waals surface area contributed by atoms with E-state index < -0.39 is 0 Å². The summed E-state index contributed by atoms with van der Waals surface area (Å²) in [4.78, 5) is 10.7. The molecule has 16 heavy (non-hydrogen) atoms. The molecule has 0 fully saturated rings. The molecule has 0 aromatic heterocycles. The molecule has 5 nitrogen and oxygen atoms in total. The summed E-state index contributed by atoms with van der Waals surface area (Å²) >= 11 is 1.57. The van der Waals surface area contributed by atoms with Crippen molar-refractivity contribution in [3.8, 4) is 0 Å². The SMILES string of the molecule is C[N+](C)(C)CCOCCOCCC(=O)OI. The first-order valence-electron chi connectivity index (χ1n) is 5.23. The first-order chi connectivity index (χ1) is 7.45. The van der Waals surface area contributed by atoms with Gasteiger partial charge < -0.3 is 17.0 Å². The molecule has 0 unspecified atom stereocenters. The van der Waals surface area contributed by atoms with Crippen LogP contribution in [0.1, 0.15) is 6.42 Å². The molecule has 0 aliphatic heterocycles. The Bertz CT molecular complexity index is 194. The normalized spacial score (nSPS) is 11.5. The van der Waals surface area contributed by atoms with Crippen molar-refractivity contribution < 1.29 is 21.8 Å². The van der Waals surface area contributed by atoms with Gasteiger partial charge in [0.1, 0.15) is 6.54 Å². The van der Waals surface area contributed by atoms with Crippen LogP contribution in [0.15, 0.2) is 0 Å². The summed E-state index contributed by atoms with van der Waals surface area (Å²) < 4.78 is 15.9. The molecular formula is C10H21INO4+. The number of halogens is 1. The highest BCUT2D eigenvalue weighted by Crippen LogP contribution is 1.93. The van der Waals surface area contributed by atoms with Gasteiger partial charge in [0.2, 0.25) is 0 Å². The summed E-state index contributed by atoms with van der Waals surface area (Å²) in [5.74, 6) is -0.258. The summed E-state index contributed by atoms with van der Waals surface area (Å²) in [6.07, 6.45) is 0.293. The molecule has 0 rings (SSSR count). The Hall–Kier alpha value is 0.0800. The number of rotatable bonds is 9. The van der Waals surface area contributed by atoms with Crippen LogP contribution in [0.3, 0.4) is 0 Å². The third kappa shape index (κ3) is 12.2. The van der Waals surface area contributed by atoms with E-state index in [1.165, 1.54) is 0 Å². The van der Waals surface area contributed by atoms with Gasteiger partial charge in [-0.25, -0.2) is 0 Å². The molecule has 0 N–H and O–H groups in total. The molecule has 0 atom stereocenters. The average Bonchev–Trinajstić information content (AvgIpc) is 2.20. The fourth-order valence-corrected chi connectivity index (χ4v) is 1.07. The van der Waals surface area contributed by atoms with Crippen LogP contribution in [-0.4, -0.2) is 64.6 Å². The van der Waals surface area contributed by atoms with Crippen molar-refractivity contribution in [1.82, 2.24) is 0 Å². The Labute approximate surface area is 111 Å². The predicted octanol–water partition coefficient (Wildman–Crippen LogP) is 1.01. The second kappa shape index (κ2) is 9.15. The van der Waals surface area contributed by atoms with Crippen LogP contribution < -0.4 is 0 Å². The number of nitrogens with zero attached hydrogens (tertiary/aromatic N) is 1. The highest BCUT2D eigenvalue weighted by Gasteiger charge is 2.05. The fraction of sp³-hybridized carbons (Fsp3) is 0.900. The van der Waals surface area contributed by atoms with Gasteiger partial charge in [-0.15, -0.1) is 0 Å². The second-order valence-electron chi connectivity index (χ2n) is 4.44. The molecule has 0 aromatic rings. The summed E-state index contributed by atoms with van der Waals surface area (Å²) in [5, 5.41) is 0. The lowest BCUT2D eigenvalue weighted by atomic mass is 10.5. The number of likely N-dealkylation sites (N-methyl/N-ethyl adjacent to an activating group) is 1. The van der Waals surface area contributed by atoms with Gasteiger partial charge in [-0.05, 0) is 0 Å². The van der Waals surface area contributed by atoms with Crippen LogP contribution in [0.25, 0.3) is 0 Å². The van der Waals surface area contributed by atoms with E-state index in [-0.39, 0.29) is 5.97 Å². The second-order valence-corrected chi connectivity index (χ2v) is 4.88. The van der Waals surface area contributed by atoms with E-state index >= 15 is 0 Å². The molecule has 0 aliphatic carbocycles. The molecule has 0 radical (unpaired) electrons. The van der Waals surface area contributed by atoms with E-state index in [0.29, 0.717) is 26.2 Å². The minimum Gasteiger partial charge on any atom is -0.394 e. The van der Waals surface area contributed by atoms with Gasteiger partial charge >= 0.3 is 5.97 Å². The highest BCUT2D eigenvalue weighted by molar-refractivity contribution is 14.1. The summed E-state index contributed by atoms with van der Waals surface area (Å²) in [7, 11) is 6.36. The zero-order chi connectivity index (χ0) is 12.4. The maximum atomic E-state index is 10.7. The average molecular weight is 346 g/mol. The molecule has 96 valence electrons. The van der Waals surface area contributed by atoms with Gasteiger partial charge in [-0.2, -0.15) is 0 Å². The van der Waals surface area contributed by atoms with Gasteiger partial charge in [-0.1, -0.05) is 0 Å². The molecule has 0 aromatic carbocycles. The Morgan fingerprint density at radius 1 is 1.06 bits per heavy atom. The number of quaternary nitrogens is 1. The molecule has 0 bridgehead atoms. The molecule has 0 saturated carbocycles. The molecular weight excluding hydrogens is 325 g/mol. The van der Waals surface area contributed by atoms with E-state index in [0.717, 1.165) is 17.6 Å². The largest absolute Gasteiger partial charge is 0.394 e. The molecule has 0 heterocycles. The number of carbonyl (C=O) groups is 1. The molecule has 6 heteroatoms. The lowest BCUT2D eigenvalue weighted by molar-refractivity contribution is -0.870. The van der Waals surface area contributed by atoms with Crippen LogP contribution in [0.4, 0.5) is 0 Å². The Morgan fingerprint density at radius 2 is 1.62 bits per heavy atom. The van der Waals surface area contributed by atoms with Crippen LogP contribution in [-0.2, 0) is 17.3 Å². The zero-order valence-corrected chi connectivity index (χ0v) is 12.4. The van der Waals surface area contributed by atoms with Gasteiger partial charge in [-0.3, -0.25) is 4.79 Å². The smallest absolute Gasteiger partial charge is 0.317 e. The van der Waals surface area contributed by atoms with Crippen molar-refractivity contribution >= 4 is 29.0 Å². The lowest BCUT2D eigenvalue weighted by Gasteiger charge is -2.23. The maximum absolute atomic E-state index is 10.7. The Balaban J connectivity index is 3.13. The molecule has 0 spiro atoms. The van der Waals surface area contributed by atoms with E-state index in [4.69, 9.17) is 9.47 Å². The Kier molecular flexibility index (Phi) is 9.19. The zero-order valence-electron chi connectivity index (χ0n) is 10.2. The van der Waals surface area contributed by atoms with Crippen LogP contribution in [0.2, 0.25) is 0 Å². The summed E-state index contributed by atoms with van der Waals surface area (Å²) in [5.41, 5.74) is 0. The number of carbonyl (C=O) groups excluding carboxylic acids is 1. The van der Waals surface area contributed by atoms with Crippen LogP contribution in [0, 0.1) is 0 Å². The summed E-state index contributed by atoms with van der Waals surface area (Å²) in [6, 6.07) is 0.